The summed E-state index contributed by atoms with van der Waals surface area (Å²) in [5.74, 6) is -0.933. The lowest BCUT2D eigenvalue weighted by Gasteiger charge is -2.19. The summed E-state index contributed by atoms with van der Waals surface area (Å²) in [6, 6.07) is 3.77. The Morgan fingerprint density at radius 3 is 2.80 bits per heavy atom. The molecule has 0 spiro atoms. The van der Waals surface area contributed by atoms with Gasteiger partial charge in [0.05, 0.1) is 17.2 Å². The summed E-state index contributed by atoms with van der Waals surface area (Å²) in [5, 5.41) is 18.5. The van der Waals surface area contributed by atoms with E-state index in [1.165, 1.54) is 0 Å². The molecule has 0 amide bonds. The number of benzene rings is 1. The standard InChI is InChI=1S/C15H13N3O2/c19-15(20)14-9-4-2-1-3-8(9)13-10-7-16-18-11(10)5-6-12(13)17-14/h5-7H,1-4H2,(H,16,18)(H,19,20). The topological polar surface area (TPSA) is 78.9 Å². The number of nitrogens with zero attached hydrogens (tertiary/aromatic N) is 2. The zero-order valence-electron chi connectivity index (χ0n) is 10.8. The van der Waals surface area contributed by atoms with Gasteiger partial charge in [0, 0.05) is 10.8 Å². The van der Waals surface area contributed by atoms with E-state index in [1.54, 1.807) is 6.20 Å². The van der Waals surface area contributed by atoms with Gasteiger partial charge in [-0.2, -0.15) is 5.10 Å². The van der Waals surface area contributed by atoms with Gasteiger partial charge in [-0.3, -0.25) is 5.10 Å². The minimum Gasteiger partial charge on any atom is -0.477 e. The van der Waals surface area contributed by atoms with Gasteiger partial charge in [-0.15, -0.1) is 0 Å². The summed E-state index contributed by atoms with van der Waals surface area (Å²) in [4.78, 5) is 15.8. The van der Waals surface area contributed by atoms with Crippen LogP contribution in [0.2, 0.25) is 0 Å². The van der Waals surface area contributed by atoms with Gasteiger partial charge >= 0.3 is 5.97 Å². The average Bonchev–Trinajstić information content (AvgIpc) is 2.94. The van der Waals surface area contributed by atoms with Gasteiger partial charge in [-0.1, -0.05) is 0 Å². The summed E-state index contributed by atoms with van der Waals surface area (Å²) in [5.41, 5.74) is 3.98. The number of aromatic amines is 1. The summed E-state index contributed by atoms with van der Waals surface area (Å²) < 4.78 is 0. The highest BCUT2D eigenvalue weighted by molar-refractivity contribution is 6.08. The van der Waals surface area contributed by atoms with E-state index in [0.717, 1.165) is 58.6 Å². The molecule has 1 aliphatic carbocycles. The maximum absolute atomic E-state index is 11.4. The molecule has 0 saturated carbocycles. The van der Waals surface area contributed by atoms with E-state index in [1.807, 2.05) is 12.1 Å². The molecular formula is C15H13N3O2. The monoisotopic (exact) mass is 267 g/mol. The number of nitrogens with one attached hydrogen (secondary N) is 1. The molecule has 100 valence electrons. The van der Waals surface area contributed by atoms with Crippen molar-refractivity contribution in [3.05, 3.63) is 35.2 Å². The smallest absolute Gasteiger partial charge is 0.354 e. The van der Waals surface area contributed by atoms with Crippen molar-refractivity contribution < 1.29 is 9.90 Å². The lowest BCUT2D eigenvalue weighted by Crippen LogP contribution is -2.13. The highest BCUT2D eigenvalue weighted by atomic mass is 16.4. The van der Waals surface area contributed by atoms with Crippen LogP contribution < -0.4 is 0 Å². The minimum absolute atomic E-state index is 0.218. The quantitative estimate of drug-likeness (QED) is 0.710. The number of aryl methyl sites for hydroxylation is 1. The third-order valence-electron chi connectivity index (χ3n) is 4.09. The molecule has 0 saturated heterocycles. The Morgan fingerprint density at radius 1 is 1.20 bits per heavy atom. The van der Waals surface area contributed by atoms with Gasteiger partial charge in [0.15, 0.2) is 5.69 Å². The summed E-state index contributed by atoms with van der Waals surface area (Å²) in [7, 11) is 0. The molecule has 0 bridgehead atoms. The number of H-pyrrole nitrogens is 1. The molecule has 3 aromatic rings. The van der Waals surface area contributed by atoms with Crippen molar-refractivity contribution in [2.75, 3.05) is 0 Å². The van der Waals surface area contributed by atoms with Gasteiger partial charge in [-0.05, 0) is 48.9 Å². The molecule has 20 heavy (non-hydrogen) atoms. The average molecular weight is 267 g/mol. The third-order valence-corrected chi connectivity index (χ3v) is 4.09. The van der Waals surface area contributed by atoms with Gasteiger partial charge in [0.2, 0.25) is 0 Å². The van der Waals surface area contributed by atoms with Gasteiger partial charge < -0.3 is 5.11 Å². The number of hydrogen-bond acceptors (Lipinski definition) is 3. The van der Waals surface area contributed by atoms with E-state index in [4.69, 9.17) is 0 Å². The Bertz CT molecular complexity index is 851. The van der Waals surface area contributed by atoms with Crippen molar-refractivity contribution in [2.24, 2.45) is 0 Å². The minimum atomic E-state index is -0.933. The first-order valence-electron chi connectivity index (χ1n) is 6.76. The Labute approximate surface area is 114 Å². The second-order valence-corrected chi connectivity index (χ2v) is 5.22. The fourth-order valence-corrected chi connectivity index (χ4v) is 3.22. The molecule has 2 N–H and O–H groups in total. The third kappa shape index (κ3) is 1.46. The fraction of sp³-hybridized carbons (Fsp3) is 0.267. The van der Waals surface area contributed by atoms with E-state index < -0.39 is 5.97 Å². The van der Waals surface area contributed by atoms with Crippen molar-refractivity contribution in [1.82, 2.24) is 15.2 Å². The van der Waals surface area contributed by atoms with Crippen LogP contribution in [-0.2, 0) is 12.8 Å². The maximum atomic E-state index is 11.4. The van der Waals surface area contributed by atoms with E-state index in [-0.39, 0.29) is 5.69 Å². The lowest BCUT2D eigenvalue weighted by molar-refractivity contribution is 0.0689. The van der Waals surface area contributed by atoms with Crippen LogP contribution in [0.5, 0.6) is 0 Å². The lowest BCUT2D eigenvalue weighted by atomic mass is 9.87. The predicted octanol–water partition coefficient (Wildman–Crippen LogP) is 2.69. The van der Waals surface area contributed by atoms with Crippen LogP contribution in [0.3, 0.4) is 0 Å². The molecule has 4 rings (SSSR count). The van der Waals surface area contributed by atoms with E-state index >= 15 is 0 Å². The maximum Gasteiger partial charge on any atom is 0.354 e. The molecule has 0 aliphatic heterocycles. The molecule has 0 radical (unpaired) electrons. The zero-order valence-corrected chi connectivity index (χ0v) is 10.8. The Morgan fingerprint density at radius 2 is 2.00 bits per heavy atom. The zero-order chi connectivity index (χ0) is 13.7. The second-order valence-electron chi connectivity index (χ2n) is 5.22. The van der Waals surface area contributed by atoms with Crippen LogP contribution in [0, 0.1) is 0 Å². The first-order valence-corrected chi connectivity index (χ1v) is 6.76. The number of carboxylic acid groups (broad SMARTS) is 1. The molecule has 5 heteroatoms. The van der Waals surface area contributed by atoms with Gasteiger partial charge in [0.1, 0.15) is 0 Å². The Balaban J connectivity index is 2.21. The number of hydrogen-bond donors (Lipinski definition) is 2. The molecule has 0 unspecified atom stereocenters. The largest absolute Gasteiger partial charge is 0.477 e. The molecular weight excluding hydrogens is 254 g/mol. The highest BCUT2D eigenvalue weighted by Gasteiger charge is 2.23. The van der Waals surface area contributed by atoms with E-state index in [0.29, 0.717) is 0 Å². The molecule has 2 aromatic heterocycles. The fourth-order valence-electron chi connectivity index (χ4n) is 3.22. The highest BCUT2D eigenvalue weighted by Crippen LogP contribution is 2.34. The van der Waals surface area contributed by atoms with Crippen molar-refractivity contribution >= 4 is 27.8 Å². The first-order chi connectivity index (χ1) is 9.75. The van der Waals surface area contributed by atoms with Crippen LogP contribution in [0.25, 0.3) is 21.8 Å². The Hall–Kier alpha value is -2.43. The van der Waals surface area contributed by atoms with Crippen LogP contribution in [-0.4, -0.2) is 26.3 Å². The number of rotatable bonds is 1. The number of aromatic nitrogens is 3. The molecule has 2 heterocycles. The van der Waals surface area contributed by atoms with E-state index in [9.17, 15) is 9.90 Å². The van der Waals surface area contributed by atoms with Gasteiger partial charge in [-0.25, -0.2) is 9.78 Å². The number of carbonyl (C=O) groups is 1. The van der Waals surface area contributed by atoms with Crippen molar-refractivity contribution in [3.8, 4) is 0 Å². The van der Waals surface area contributed by atoms with Crippen LogP contribution >= 0.6 is 0 Å². The summed E-state index contributed by atoms with van der Waals surface area (Å²) >= 11 is 0. The van der Waals surface area contributed by atoms with Crippen LogP contribution in [0.4, 0.5) is 0 Å². The number of fused-ring (bicyclic) bond motifs is 5. The summed E-state index contributed by atoms with van der Waals surface area (Å²) in [6.07, 6.45) is 5.64. The Kier molecular flexibility index (Phi) is 2.30. The number of pyridine rings is 1. The second kappa shape index (κ2) is 4.03. The normalized spacial score (nSPS) is 14.6. The van der Waals surface area contributed by atoms with Gasteiger partial charge in [0.25, 0.3) is 0 Å². The van der Waals surface area contributed by atoms with Crippen molar-refractivity contribution in [2.45, 2.75) is 25.7 Å². The molecule has 0 atom stereocenters. The number of aromatic carboxylic acids is 1. The van der Waals surface area contributed by atoms with E-state index in [2.05, 4.69) is 15.2 Å². The van der Waals surface area contributed by atoms with Crippen LogP contribution in [0.1, 0.15) is 34.5 Å². The van der Waals surface area contributed by atoms with Crippen molar-refractivity contribution in [3.63, 3.8) is 0 Å². The molecule has 0 fully saturated rings. The molecule has 1 aliphatic rings. The number of carboxylic acids is 1. The summed E-state index contributed by atoms with van der Waals surface area (Å²) in [6.45, 7) is 0. The SMILES string of the molecule is O=C(O)c1nc2ccc3[nH]ncc3c2c2c1CCCC2. The molecule has 1 aromatic carbocycles. The molecule has 5 nitrogen and oxygen atoms in total. The van der Waals surface area contributed by atoms with Crippen molar-refractivity contribution in [1.29, 1.82) is 0 Å². The van der Waals surface area contributed by atoms with Crippen LogP contribution in [0.15, 0.2) is 18.3 Å². The first kappa shape index (κ1) is 11.4. The predicted molar refractivity (Wildman–Crippen MR) is 75.0 cm³/mol.